The Labute approximate surface area is 89.8 Å². The van der Waals surface area contributed by atoms with E-state index in [-0.39, 0.29) is 17.1 Å². The summed E-state index contributed by atoms with van der Waals surface area (Å²) in [5, 5.41) is 30.0. The van der Waals surface area contributed by atoms with Gasteiger partial charge in [-0.1, -0.05) is 0 Å². The molecular weight excluding hydrogens is 237 g/mol. The fourth-order valence-corrected chi connectivity index (χ4v) is 0.715. The molecule has 0 atom stereocenters. The molecule has 0 aliphatic rings. The molecule has 0 unspecified atom stereocenters. The molecule has 0 N–H and O–H groups in total. The fourth-order valence-electron chi connectivity index (χ4n) is 0.715. The molecule has 8 heteroatoms. The number of rotatable bonds is 6. The standard InChI is InChI=1S/C6H9NO6.Mn/c8-4(9)1-7(2-5(10)11)3-6(12)13;/h1-3H2,(H,8,9)(H,10,11)(H,12,13);/q;+3/p-3. The molecule has 7 nitrogen and oxygen atoms in total. The van der Waals surface area contributed by atoms with Crippen LogP contribution in [0.3, 0.4) is 0 Å². The Balaban J connectivity index is 0. The van der Waals surface area contributed by atoms with Crippen LogP contribution >= 0.6 is 0 Å². The SMILES string of the molecule is O=C([O-])CN(CC(=O)[O-])CC(=O)[O-].[Mn+3]. The summed E-state index contributed by atoms with van der Waals surface area (Å²) < 4.78 is 0. The van der Waals surface area contributed by atoms with E-state index in [1.165, 1.54) is 0 Å². The molecule has 0 radical (unpaired) electrons. The van der Waals surface area contributed by atoms with Gasteiger partial charge in [-0.25, -0.2) is 0 Å². The molecule has 0 aromatic rings. The van der Waals surface area contributed by atoms with Crippen LogP contribution in [0.15, 0.2) is 0 Å². The molecule has 0 saturated carbocycles. The molecule has 0 aromatic carbocycles. The largest absolute Gasteiger partial charge is 3.00 e. The predicted molar refractivity (Wildman–Crippen MR) is 31.5 cm³/mol. The predicted octanol–water partition coefficient (Wildman–Crippen LogP) is -5.46. The van der Waals surface area contributed by atoms with Gasteiger partial charge in [0.05, 0.1) is 17.9 Å². The third-order valence-corrected chi connectivity index (χ3v) is 1.06. The number of hydrogen-bond donors (Lipinski definition) is 0. The first-order valence-electron chi connectivity index (χ1n) is 3.23. The van der Waals surface area contributed by atoms with Crippen LogP contribution < -0.4 is 15.3 Å². The third-order valence-electron chi connectivity index (χ3n) is 1.06. The summed E-state index contributed by atoms with van der Waals surface area (Å²) in [6.45, 7) is -2.37. The first-order chi connectivity index (χ1) is 5.91. The second-order valence-electron chi connectivity index (χ2n) is 2.26. The van der Waals surface area contributed by atoms with E-state index in [9.17, 15) is 29.7 Å². The normalized spacial score (nSPS) is 9.21. The zero-order valence-electron chi connectivity index (χ0n) is 6.90. The Kier molecular flexibility index (Phi) is 8.02. The number of carboxylic acids is 3. The smallest absolute Gasteiger partial charge is 0.549 e. The Bertz CT molecular complexity index is 192. The average molecular weight is 243 g/mol. The summed E-state index contributed by atoms with van der Waals surface area (Å²) >= 11 is 0. The van der Waals surface area contributed by atoms with Crippen LogP contribution in [-0.2, 0) is 31.5 Å². The average Bonchev–Trinajstić information content (AvgIpc) is 1.80. The maximum atomic E-state index is 9.99. The van der Waals surface area contributed by atoms with E-state index in [2.05, 4.69) is 0 Å². The van der Waals surface area contributed by atoms with Gasteiger partial charge in [0, 0.05) is 19.6 Å². The second-order valence-corrected chi connectivity index (χ2v) is 2.26. The van der Waals surface area contributed by atoms with E-state index in [1.54, 1.807) is 0 Å². The van der Waals surface area contributed by atoms with Crippen molar-refractivity contribution >= 4 is 17.9 Å². The van der Waals surface area contributed by atoms with Crippen LogP contribution in [-0.4, -0.2) is 42.4 Å². The molecule has 0 spiro atoms. The van der Waals surface area contributed by atoms with Gasteiger partial charge in [0.2, 0.25) is 0 Å². The number of nitrogens with zero attached hydrogens (tertiary/aromatic N) is 1. The van der Waals surface area contributed by atoms with Gasteiger partial charge < -0.3 is 29.7 Å². The molecule has 0 heterocycles. The molecule has 0 aliphatic carbocycles. The van der Waals surface area contributed by atoms with Crippen molar-refractivity contribution in [2.24, 2.45) is 0 Å². The van der Waals surface area contributed by atoms with Crippen LogP contribution in [0.5, 0.6) is 0 Å². The fraction of sp³-hybridized carbons (Fsp3) is 0.500. The van der Waals surface area contributed by atoms with E-state index in [0.29, 0.717) is 4.90 Å². The Morgan fingerprint density at radius 3 is 1.14 bits per heavy atom. The molecule has 0 aliphatic heterocycles. The third kappa shape index (κ3) is 8.98. The van der Waals surface area contributed by atoms with E-state index in [4.69, 9.17) is 0 Å². The molecule has 0 fully saturated rings. The molecule has 78 valence electrons. The summed E-state index contributed by atoms with van der Waals surface area (Å²) in [5.74, 6) is -4.70. The van der Waals surface area contributed by atoms with Gasteiger partial charge in [-0.2, -0.15) is 0 Å². The number of carboxylic acid groups (broad SMARTS) is 3. The second kappa shape index (κ2) is 7.31. The summed E-state index contributed by atoms with van der Waals surface area (Å²) in [5.41, 5.74) is 0. The molecular formula is C6H6MnNO6. The van der Waals surface area contributed by atoms with Gasteiger partial charge in [-0.15, -0.1) is 0 Å². The Morgan fingerprint density at radius 2 is 1.00 bits per heavy atom. The van der Waals surface area contributed by atoms with Crippen LogP contribution in [0.4, 0.5) is 0 Å². The minimum Gasteiger partial charge on any atom is -0.549 e. The number of hydrogen-bond acceptors (Lipinski definition) is 7. The van der Waals surface area contributed by atoms with Gasteiger partial charge in [0.15, 0.2) is 0 Å². The molecule has 0 aromatic heterocycles. The number of carbonyl (C=O) groups is 3. The van der Waals surface area contributed by atoms with Crippen molar-refractivity contribution in [3.63, 3.8) is 0 Å². The van der Waals surface area contributed by atoms with Crippen LogP contribution in [0.2, 0.25) is 0 Å². The van der Waals surface area contributed by atoms with E-state index >= 15 is 0 Å². The van der Waals surface area contributed by atoms with Crippen molar-refractivity contribution in [2.45, 2.75) is 0 Å². The quantitative estimate of drug-likeness (QED) is 0.426. The summed E-state index contributed by atoms with van der Waals surface area (Å²) in [6, 6.07) is 0. The van der Waals surface area contributed by atoms with Crippen molar-refractivity contribution in [1.29, 1.82) is 0 Å². The first-order valence-corrected chi connectivity index (χ1v) is 3.23. The zero-order chi connectivity index (χ0) is 10.4. The van der Waals surface area contributed by atoms with Gasteiger partial charge in [-0.05, 0) is 0 Å². The van der Waals surface area contributed by atoms with E-state index < -0.39 is 37.5 Å². The van der Waals surface area contributed by atoms with Gasteiger partial charge >= 0.3 is 17.1 Å². The molecule has 0 amide bonds. The zero-order valence-corrected chi connectivity index (χ0v) is 8.08. The van der Waals surface area contributed by atoms with Crippen molar-refractivity contribution in [3.05, 3.63) is 0 Å². The Morgan fingerprint density at radius 1 is 0.786 bits per heavy atom. The number of aliphatic carboxylic acids is 3. The summed E-state index contributed by atoms with van der Waals surface area (Å²) in [7, 11) is 0. The van der Waals surface area contributed by atoms with Gasteiger partial charge in [0.1, 0.15) is 0 Å². The summed E-state index contributed by atoms with van der Waals surface area (Å²) in [4.78, 5) is 30.6. The van der Waals surface area contributed by atoms with Gasteiger partial charge in [0.25, 0.3) is 0 Å². The maximum absolute atomic E-state index is 9.99. The van der Waals surface area contributed by atoms with Crippen molar-refractivity contribution < 1.29 is 46.8 Å². The molecule has 0 bridgehead atoms. The van der Waals surface area contributed by atoms with Crippen molar-refractivity contribution in [2.75, 3.05) is 19.6 Å². The minimum atomic E-state index is -1.57. The minimum absolute atomic E-state index is 0. The van der Waals surface area contributed by atoms with Crippen LogP contribution in [0.1, 0.15) is 0 Å². The monoisotopic (exact) mass is 243 g/mol. The number of carbonyl (C=O) groups excluding carboxylic acids is 3. The van der Waals surface area contributed by atoms with Crippen LogP contribution in [0.25, 0.3) is 0 Å². The van der Waals surface area contributed by atoms with Gasteiger partial charge in [-0.3, -0.25) is 4.90 Å². The molecule has 14 heavy (non-hydrogen) atoms. The molecule has 0 rings (SSSR count). The first kappa shape index (κ1) is 15.4. The van der Waals surface area contributed by atoms with Crippen molar-refractivity contribution in [3.8, 4) is 0 Å². The van der Waals surface area contributed by atoms with Crippen LogP contribution in [0, 0.1) is 0 Å². The van der Waals surface area contributed by atoms with E-state index in [1.807, 2.05) is 0 Å². The topological polar surface area (TPSA) is 124 Å². The maximum Gasteiger partial charge on any atom is 3.00 e. The van der Waals surface area contributed by atoms with E-state index in [0.717, 1.165) is 0 Å². The van der Waals surface area contributed by atoms with Crippen molar-refractivity contribution in [1.82, 2.24) is 4.90 Å². The summed E-state index contributed by atoms with van der Waals surface area (Å²) in [6.07, 6.45) is 0. The Hall–Kier alpha value is -1.11. The molecule has 0 saturated heterocycles.